The molecule has 106 valence electrons. The van der Waals surface area contributed by atoms with Gasteiger partial charge in [0.15, 0.2) is 0 Å². The maximum atomic E-state index is 3.70. The molecule has 1 N–H and O–H groups in total. The normalized spacial score (nSPS) is 27.2. The minimum atomic E-state index is 0.438. The third-order valence-corrected chi connectivity index (χ3v) is 5.15. The van der Waals surface area contributed by atoms with Crippen molar-refractivity contribution in [2.45, 2.75) is 77.8 Å². The van der Waals surface area contributed by atoms with Crippen molar-refractivity contribution in [3.05, 3.63) is 0 Å². The molecule has 0 unspecified atom stereocenters. The summed E-state index contributed by atoms with van der Waals surface area (Å²) in [5.74, 6) is 0. The van der Waals surface area contributed by atoms with Crippen LogP contribution in [0.25, 0.3) is 0 Å². The van der Waals surface area contributed by atoms with Gasteiger partial charge in [-0.3, -0.25) is 4.90 Å². The average molecular weight is 252 g/mol. The Morgan fingerprint density at radius 2 is 1.72 bits per heavy atom. The lowest BCUT2D eigenvalue weighted by atomic mass is 9.84. The quantitative estimate of drug-likeness (QED) is 0.806. The Bertz CT molecular complexity index is 264. The summed E-state index contributed by atoms with van der Waals surface area (Å²) in [6.45, 7) is 13.2. The van der Waals surface area contributed by atoms with E-state index < -0.39 is 0 Å². The summed E-state index contributed by atoms with van der Waals surface area (Å²) in [5, 5.41) is 3.70. The highest BCUT2D eigenvalue weighted by Crippen LogP contribution is 2.41. The minimum Gasteiger partial charge on any atom is -0.314 e. The smallest absolute Gasteiger partial charge is 0.0153 e. The monoisotopic (exact) mass is 252 g/mol. The van der Waals surface area contributed by atoms with Crippen molar-refractivity contribution < 1.29 is 0 Å². The number of rotatable bonds is 5. The molecule has 0 atom stereocenters. The Balaban J connectivity index is 1.97. The number of hydrogen-bond acceptors (Lipinski definition) is 2. The fourth-order valence-corrected chi connectivity index (χ4v) is 3.80. The van der Waals surface area contributed by atoms with E-state index in [2.05, 4.69) is 37.9 Å². The lowest BCUT2D eigenvalue weighted by molar-refractivity contribution is 0.0945. The van der Waals surface area contributed by atoms with Crippen LogP contribution in [-0.4, -0.2) is 36.1 Å². The summed E-state index contributed by atoms with van der Waals surface area (Å²) in [5.41, 5.74) is 0.999. The van der Waals surface area contributed by atoms with Crippen LogP contribution in [0.4, 0.5) is 0 Å². The highest BCUT2D eigenvalue weighted by Gasteiger charge is 2.40. The molecule has 2 fully saturated rings. The van der Waals surface area contributed by atoms with Gasteiger partial charge in [-0.1, -0.05) is 26.7 Å². The molecule has 0 aromatic heterocycles. The Kier molecular flexibility index (Phi) is 4.38. The van der Waals surface area contributed by atoms with Gasteiger partial charge < -0.3 is 5.32 Å². The van der Waals surface area contributed by atoms with Gasteiger partial charge >= 0.3 is 0 Å². The Hall–Kier alpha value is -0.0800. The number of likely N-dealkylation sites (tertiary alicyclic amines) is 1. The summed E-state index contributed by atoms with van der Waals surface area (Å²) in [6.07, 6.45) is 8.50. The molecule has 1 aliphatic heterocycles. The van der Waals surface area contributed by atoms with Crippen molar-refractivity contribution in [3.63, 3.8) is 0 Å². The molecule has 1 heterocycles. The van der Waals surface area contributed by atoms with E-state index in [4.69, 9.17) is 0 Å². The third kappa shape index (κ3) is 3.27. The lowest BCUT2D eigenvalue weighted by Crippen LogP contribution is -2.48. The van der Waals surface area contributed by atoms with Crippen LogP contribution in [-0.2, 0) is 0 Å². The van der Waals surface area contributed by atoms with Crippen molar-refractivity contribution >= 4 is 0 Å². The van der Waals surface area contributed by atoms with Crippen LogP contribution in [0.5, 0.6) is 0 Å². The summed E-state index contributed by atoms with van der Waals surface area (Å²) in [4.78, 5) is 2.76. The maximum absolute atomic E-state index is 3.70. The Morgan fingerprint density at radius 3 is 2.22 bits per heavy atom. The van der Waals surface area contributed by atoms with Gasteiger partial charge in [-0.15, -0.1) is 0 Å². The first kappa shape index (κ1) is 14.3. The zero-order valence-electron chi connectivity index (χ0n) is 12.9. The summed E-state index contributed by atoms with van der Waals surface area (Å²) >= 11 is 0. The van der Waals surface area contributed by atoms with Crippen LogP contribution in [0.15, 0.2) is 0 Å². The summed E-state index contributed by atoms with van der Waals surface area (Å²) in [7, 11) is 0. The van der Waals surface area contributed by atoms with Gasteiger partial charge in [-0.25, -0.2) is 0 Å². The zero-order valence-corrected chi connectivity index (χ0v) is 12.9. The molecule has 0 amide bonds. The lowest BCUT2D eigenvalue weighted by Gasteiger charge is -2.40. The van der Waals surface area contributed by atoms with E-state index in [-0.39, 0.29) is 0 Å². The van der Waals surface area contributed by atoms with Crippen LogP contribution in [0.3, 0.4) is 0 Å². The molecule has 2 aliphatic rings. The third-order valence-electron chi connectivity index (χ3n) is 5.15. The topological polar surface area (TPSA) is 15.3 Å². The fraction of sp³-hybridized carbons (Fsp3) is 1.00. The van der Waals surface area contributed by atoms with E-state index in [9.17, 15) is 0 Å². The molecule has 0 aromatic carbocycles. The van der Waals surface area contributed by atoms with Crippen LogP contribution >= 0.6 is 0 Å². The second-order valence-electron chi connectivity index (χ2n) is 7.58. The highest BCUT2D eigenvalue weighted by atomic mass is 15.2. The van der Waals surface area contributed by atoms with Gasteiger partial charge in [0.05, 0.1) is 0 Å². The standard InChI is InChI=1S/C16H32N2/c1-14(2)17-12-16(9-5-6-10-16)13-18-11-7-8-15(18,3)4/h14,17H,5-13H2,1-4H3. The number of hydrogen-bond donors (Lipinski definition) is 1. The minimum absolute atomic E-state index is 0.438. The molecular weight excluding hydrogens is 220 g/mol. The van der Waals surface area contributed by atoms with Crippen molar-refractivity contribution in [1.29, 1.82) is 0 Å². The summed E-state index contributed by atoms with van der Waals surface area (Å²) in [6, 6.07) is 0.620. The van der Waals surface area contributed by atoms with Gasteiger partial charge in [0, 0.05) is 24.7 Å². The average Bonchev–Trinajstić information content (AvgIpc) is 2.86. The van der Waals surface area contributed by atoms with Gasteiger partial charge in [0.25, 0.3) is 0 Å². The number of nitrogens with zero attached hydrogens (tertiary/aromatic N) is 1. The van der Waals surface area contributed by atoms with E-state index >= 15 is 0 Å². The highest BCUT2D eigenvalue weighted by molar-refractivity contribution is 4.96. The Morgan fingerprint density at radius 1 is 1.06 bits per heavy atom. The zero-order chi connectivity index (χ0) is 13.2. The summed E-state index contributed by atoms with van der Waals surface area (Å²) < 4.78 is 0. The SMILES string of the molecule is CC(C)NCC1(CN2CCCC2(C)C)CCCC1. The molecule has 0 aromatic rings. The number of nitrogens with one attached hydrogen (secondary N) is 1. The van der Waals surface area contributed by atoms with Gasteiger partial charge in [0.1, 0.15) is 0 Å². The van der Waals surface area contributed by atoms with Gasteiger partial charge in [-0.05, 0) is 51.5 Å². The van der Waals surface area contributed by atoms with E-state index in [1.807, 2.05) is 0 Å². The van der Waals surface area contributed by atoms with Crippen molar-refractivity contribution in [1.82, 2.24) is 10.2 Å². The second kappa shape index (κ2) is 5.50. The van der Waals surface area contributed by atoms with Crippen LogP contribution in [0.2, 0.25) is 0 Å². The predicted octanol–water partition coefficient (Wildman–Crippen LogP) is 3.42. The molecule has 0 spiro atoms. The fourth-order valence-electron chi connectivity index (χ4n) is 3.80. The van der Waals surface area contributed by atoms with Crippen LogP contribution < -0.4 is 5.32 Å². The molecule has 0 bridgehead atoms. The van der Waals surface area contributed by atoms with Gasteiger partial charge in [-0.2, -0.15) is 0 Å². The first-order valence-corrected chi connectivity index (χ1v) is 7.92. The first-order chi connectivity index (χ1) is 8.44. The Labute approximate surface area is 114 Å². The molecule has 2 rings (SSSR count). The molecule has 18 heavy (non-hydrogen) atoms. The molecule has 2 heteroatoms. The van der Waals surface area contributed by atoms with E-state index in [0.717, 1.165) is 0 Å². The molecule has 0 radical (unpaired) electrons. The molecule has 1 aliphatic carbocycles. The molecule has 1 saturated heterocycles. The largest absolute Gasteiger partial charge is 0.314 e. The molecular formula is C16H32N2. The first-order valence-electron chi connectivity index (χ1n) is 7.92. The molecule has 1 saturated carbocycles. The van der Waals surface area contributed by atoms with E-state index in [1.54, 1.807) is 0 Å². The van der Waals surface area contributed by atoms with E-state index in [0.29, 0.717) is 17.0 Å². The van der Waals surface area contributed by atoms with Gasteiger partial charge in [0.2, 0.25) is 0 Å². The maximum Gasteiger partial charge on any atom is 0.0153 e. The van der Waals surface area contributed by atoms with Crippen LogP contribution in [0, 0.1) is 5.41 Å². The van der Waals surface area contributed by atoms with Crippen molar-refractivity contribution in [2.24, 2.45) is 5.41 Å². The predicted molar refractivity (Wildman–Crippen MR) is 78.9 cm³/mol. The molecule has 2 nitrogen and oxygen atoms in total. The van der Waals surface area contributed by atoms with Crippen molar-refractivity contribution in [3.8, 4) is 0 Å². The van der Waals surface area contributed by atoms with Crippen LogP contribution in [0.1, 0.15) is 66.2 Å². The van der Waals surface area contributed by atoms with E-state index in [1.165, 1.54) is 58.2 Å². The second-order valence-corrected chi connectivity index (χ2v) is 7.58. The van der Waals surface area contributed by atoms with Crippen molar-refractivity contribution in [2.75, 3.05) is 19.6 Å².